The summed E-state index contributed by atoms with van der Waals surface area (Å²) in [7, 11) is 0. The average Bonchev–Trinajstić information content (AvgIpc) is 3.14. The molecule has 4 rings (SSSR count). The fourth-order valence-electron chi connectivity index (χ4n) is 3.89. The Labute approximate surface area is 154 Å². The molecular formula is C21H19F3N2O. The summed E-state index contributed by atoms with van der Waals surface area (Å²) >= 11 is 0. The number of H-pyrrole nitrogens is 1. The predicted octanol–water partition coefficient (Wildman–Crippen LogP) is 5.41. The van der Waals surface area contributed by atoms with Crippen molar-refractivity contribution in [3.8, 4) is 5.75 Å². The van der Waals surface area contributed by atoms with Crippen molar-refractivity contribution >= 4 is 21.8 Å². The van der Waals surface area contributed by atoms with E-state index in [-0.39, 0.29) is 16.7 Å². The number of hydrogen-bond donors (Lipinski definition) is 2. The molecule has 0 unspecified atom stereocenters. The molecule has 3 nitrogen and oxygen atoms in total. The van der Waals surface area contributed by atoms with Gasteiger partial charge in [-0.3, -0.25) is 0 Å². The smallest absolute Gasteiger partial charge is 0.148 e. The summed E-state index contributed by atoms with van der Waals surface area (Å²) in [5.41, 5.74) is 3.33. The van der Waals surface area contributed by atoms with Gasteiger partial charge in [0.05, 0.1) is 11.0 Å². The second-order valence-electron chi connectivity index (χ2n) is 7.02. The Bertz CT molecular complexity index is 1200. The summed E-state index contributed by atoms with van der Waals surface area (Å²) in [6.45, 7) is 5.68. The van der Waals surface area contributed by atoms with E-state index >= 15 is 0 Å². The summed E-state index contributed by atoms with van der Waals surface area (Å²) in [5, 5.41) is 11.0. The van der Waals surface area contributed by atoms with Crippen molar-refractivity contribution < 1.29 is 18.3 Å². The molecule has 2 N–H and O–H groups in total. The minimum Gasteiger partial charge on any atom is -0.506 e. The summed E-state index contributed by atoms with van der Waals surface area (Å²) in [6, 6.07) is 2.81. The zero-order valence-electron chi connectivity index (χ0n) is 15.3. The first kappa shape index (κ1) is 17.5. The topological polar surface area (TPSA) is 41.0 Å². The highest BCUT2D eigenvalue weighted by atomic mass is 19.1. The molecule has 0 aliphatic heterocycles. The number of aromatic amines is 1. The number of aromatic nitrogens is 2. The van der Waals surface area contributed by atoms with Gasteiger partial charge in [-0.2, -0.15) is 0 Å². The third-order valence-corrected chi connectivity index (χ3v) is 5.39. The molecule has 0 aliphatic rings. The van der Waals surface area contributed by atoms with E-state index in [1.54, 1.807) is 18.4 Å². The standard InChI is InChI=1S/C21H19F3N2O/c1-10-6-15(23)21-18(12(10)3)17(27)9-26(21)5-4-13-11(2)7-14(22)20-19(13)16(24)8-25-20/h6-9,25,27H,4-5H2,1-3H3. The van der Waals surface area contributed by atoms with E-state index in [9.17, 15) is 18.3 Å². The summed E-state index contributed by atoms with van der Waals surface area (Å²) in [5.74, 6) is -1.42. The van der Waals surface area contributed by atoms with E-state index in [0.717, 1.165) is 17.3 Å². The lowest BCUT2D eigenvalue weighted by molar-refractivity contribution is 0.478. The lowest BCUT2D eigenvalue weighted by Crippen LogP contribution is -2.04. The lowest BCUT2D eigenvalue weighted by atomic mass is 10.0. The Morgan fingerprint density at radius 1 is 0.963 bits per heavy atom. The van der Waals surface area contributed by atoms with Gasteiger partial charge in [0.15, 0.2) is 0 Å². The van der Waals surface area contributed by atoms with E-state index in [2.05, 4.69) is 4.98 Å². The van der Waals surface area contributed by atoms with E-state index in [1.807, 2.05) is 6.92 Å². The third-order valence-electron chi connectivity index (χ3n) is 5.39. The SMILES string of the molecule is Cc1cc(F)c2[nH]cc(F)c2c1CCn1cc(O)c2c(C)c(C)cc(F)c21. The van der Waals surface area contributed by atoms with E-state index in [4.69, 9.17) is 0 Å². The fraction of sp³-hybridized carbons (Fsp3) is 0.238. The normalized spacial score (nSPS) is 11.8. The Morgan fingerprint density at radius 2 is 1.67 bits per heavy atom. The molecule has 0 atom stereocenters. The number of nitrogens with one attached hydrogen (secondary N) is 1. The highest BCUT2D eigenvalue weighted by Gasteiger charge is 2.19. The van der Waals surface area contributed by atoms with Crippen molar-refractivity contribution in [2.45, 2.75) is 33.7 Å². The molecule has 2 aromatic carbocycles. The maximum atomic E-state index is 14.6. The third kappa shape index (κ3) is 2.59. The molecule has 2 heterocycles. The largest absolute Gasteiger partial charge is 0.506 e. The van der Waals surface area contributed by atoms with E-state index in [0.29, 0.717) is 35.0 Å². The molecule has 0 radical (unpaired) electrons. The van der Waals surface area contributed by atoms with Gasteiger partial charge in [-0.05, 0) is 61.6 Å². The first-order valence-corrected chi connectivity index (χ1v) is 8.71. The van der Waals surface area contributed by atoms with Crippen molar-refractivity contribution in [3.05, 3.63) is 64.2 Å². The molecule has 2 aromatic heterocycles. The quantitative estimate of drug-likeness (QED) is 0.496. The van der Waals surface area contributed by atoms with Crippen molar-refractivity contribution in [2.75, 3.05) is 0 Å². The van der Waals surface area contributed by atoms with Gasteiger partial charge in [-0.1, -0.05) is 0 Å². The number of aromatic hydroxyl groups is 1. The number of halogens is 3. The maximum Gasteiger partial charge on any atom is 0.148 e. The van der Waals surface area contributed by atoms with Crippen LogP contribution in [0.25, 0.3) is 21.8 Å². The van der Waals surface area contributed by atoms with Gasteiger partial charge in [-0.15, -0.1) is 0 Å². The summed E-state index contributed by atoms with van der Waals surface area (Å²) in [6.07, 6.45) is 3.00. The lowest BCUT2D eigenvalue weighted by Gasteiger charge is -2.12. The molecule has 0 amide bonds. The van der Waals surface area contributed by atoms with E-state index < -0.39 is 17.5 Å². The van der Waals surface area contributed by atoms with Crippen molar-refractivity contribution in [1.82, 2.24) is 9.55 Å². The van der Waals surface area contributed by atoms with Crippen LogP contribution in [-0.4, -0.2) is 14.7 Å². The van der Waals surface area contributed by atoms with Crippen LogP contribution in [0.15, 0.2) is 24.5 Å². The number of benzene rings is 2. The van der Waals surface area contributed by atoms with Crippen LogP contribution < -0.4 is 0 Å². The number of rotatable bonds is 3. The molecule has 0 fully saturated rings. The first-order valence-electron chi connectivity index (χ1n) is 8.71. The predicted molar refractivity (Wildman–Crippen MR) is 99.7 cm³/mol. The Balaban J connectivity index is 1.81. The molecule has 0 spiro atoms. The summed E-state index contributed by atoms with van der Waals surface area (Å²) < 4.78 is 44.5. The molecule has 0 bridgehead atoms. The average molecular weight is 372 g/mol. The number of hydrogen-bond acceptors (Lipinski definition) is 1. The van der Waals surface area contributed by atoms with Crippen LogP contribution >= 0.6 is 0 Å². The van der Waals surface area contributed by atoms with Gasteiger partial charge in [-0.25, -0.2) is 13.2 Å². The molecule has 6 heteroatoms. The molecule has 4 aromatic rings. The number of aryl methyl sites for hydroxylation is 5. The van der Waals surface area contributed by atoms with Crippen molar-refractivity contribution in [2.24, 2.45) is 0 Å². The molecule has 0 aliphatic carbocycles. The van der Waals surface area contributed by atoms with Crippen LogP contribution in [0.3, 0.4) is 0 Å². The Hall–Kier alpha value is -2.89. The van der Waals surface area contributed by atoms with Crippen LogP contribution in [0.4, 0.5) is 13.2 Å². The fourth-order valence-corrected chi connectivity index (χ4v) is 3.89. The highest BCUT2D eigenvalue weighted by molar-refractivity contribution is 5.91. The molecule has 140 valence electrons. The second kappa shape index (κ2) is 6.08. The number of nitrogens with zero attached hydrogens (tertiary/aromatic N) is 1. The van der Waals surface area contributed by atoms with Crippen molar-refractivity contribution in [1.29, 1.82) is 0 Å². The Kier molecular flexibility index (Phi) is 3.94. The van der Waals surface area contributed by atoms with Gasteiger partial charge in [0.25, 0.3) is 0 Å². The van der Waals surface area contributed by atoms with Gasteiger partial charge < -0.3 is 14.7 Å². The van der Waals surface area contributed by atoms with Crippen LogP contribution in [-0.2, 0) is 13.0 Å². The zero-order valence-corrected chi connectivity index (χ0v) is 15.3. The van der Waals surface area contributed by atoms with Gasteiger partial charge in [0.1, 0.15) is 23.2 Å². The number of fused-ring (bicyclic) bond motifs is 2. The van der Waals surface area contributed by atoms with Crippen LogP contribution in [0.1, 0.15) is 22.3 Å². The minimum absolute atomic E-state index is 0.0129. The molecule has 0 saturated heterocycles. The van der Waals surface area contributed by atoms with Gasteiger partial charge >= 0.3 is 0 Å². The minimum atomic E-state index is -0.513. The highest BCUT2D eigenvalue weighted by Crippen LogP contribution is 2.34. The van der Waals surface area contributed by atoms with Gasteiger partial charge in [0.2, 0.25) is 0 Å². The molecule has 27 heavy (non-hydrogen) atoms. The Morgan fingerprint density at radius 3 is 2.41 bits per heavy atom. The molecule has 0 saturated carbocycles. The van der Waals surface area contributed by atoms with Crippen LogP contribution in [0, 0.1) is 38.2 Å². The molecular weight excluding hydrogens is 353 g/mol. The zero-order chi connectivity index (χ0) is 19.5. The van der Waals surface area contributed by atoms with E-state index in [1.165, 1.54) is 18.3 Å². The summed E-state index contributed by atoms with van der Waals surface area (Å²) in [4.78, 5) is 2.62. The van der Waals surface area contributed by atoms with Crippen LogP contribution in [0.2, 0.25) is 0 Å². The first-order chi connectivity index (χ1) is 12.8. The van der Waals surface area contributed by atoms with Crippen LogP contribution in [0.5, 0.6) is 5.75 Å². The maximum absolute atomic E-state index is 14.6. The van der Waals surface area contributed by atoms with Crippen molar-refractivity contribution in [3.63, 3.8) is 0 Å². The second-order valence-corrected chi connectivity index (χ2v) is 7.02. The monoisotopic (exact) mass is 372 g/mol. The van der Waals surface area contributed by atoms with Gasteiger partial charge in [0, 0.05) is 29.7 Å².